The van der Waals surface area contributed by atoms with Crippen molar-refractivity contribution in [2.45, 2.75) is 162 Å². The van der Waals surface area contributed by atoms with Gasteiger partial charge in [-0.2, -0.15) is 0 Å². The number of hydrogen-bond acceptors (Lipinski definition) is 0. The maximum absolute atomic E-state index is 2.37. The first-order chi connectivity index (χ1) is 15.7. The molecule has 2 nitrogen and oxygen atoms in total. The second kappa shape index (κ2) is 26.7. The van der Waals surface area contributed by atoms with Gasteiger partial charge in [-0.05, 0) is 26.7 Å². The maximum Gasteiger partial charge on any atom is 0.233 e. The van der Waals surface area contributed by atoms with E-state index in [0.29, 0.717) is 0 Å². The van der Waals surface area contributed by atoms with Crippen molar-refractivity contribution in [3.63, 3.8) is 0 Å². The van der Waals surface area contributed by atoms with Crippen LogP contribution in [-0.2, 0) is 0 Å². The number of unbranched alkanes of at least 4 members (excludes halogenated alkanes) is 21. The Labute approximate surface area is 204 Å². The Balaban J connectivity index is 3.16. The van der Waals surface area contributed by atoms with Crippen LogP contribution in [0, 0.1) is 0 Å². The molecular formula is C30H63N2+. The van der Waals surface area contributed by atoms with Gasteiger partial charge < -0.3 is 0 Å². The molecule has 192 valence electrons. The molecule has 0 N–H and O–H groups in total. The van der Waals surface area contributed by atoms with Crippen molar-refractivity contribution in [2.24, 2.45) is 0 Å². The van der Waals surface area contributed by atoms with Crippen LogP contribution < -0.4 is 0 Å². The van der Waals surface area contributed by atoms with Crippen molar-refractivity contribution in [3.8, 4) is 0 Å². The van der Waals surface area contributed by atoms with E-state index in [-0.39, 0.29) is 0 Å². The van der Waals surface area contributed by atoms with Gasteiger partial charge in [-0.25, -0.2) is 0 Å². The SMILES string of the molecule is CCCCCCCCCCCCCCCCCCCCCCCC[N+](C)=CN(CC)CC. The van der Waals surface area contributed by atoms with Gasteiger partial charge in [0.05, 0.1) is 26.7 Å². The van der Waals surface area contributed by atoms with Crippen molar-refractivity contribution in [2.75, 3.05) is 26.7 Å². The first kappa shape index (κ1) is 31.5. The summed E-state index contributed by atoms with van der Waals surface area (Å²) in [5, 5.41) is 0. The molecule has 0 atom stereocenters. The van der Waals surface area contributed by atoms with Crippen LogP contribution in [0.5, 0.6) is 0 Å². The molecule has 0 heterocycles. The van der Waals surface area contributed by atoms with Crippen LogP contribution in [0.1, 0.15) is 162 Å². The van der Waals surface area contributed by atoms with Gasteiger partial charge in [-0.15, -0.1) is 0 Å². The lowest BCUT2D eigenvalue weighted by Crippen LogP contribution is -2.27. The zero-order valence-corrected chi connectivity index (χ0v) is 23.1. The van der Waals surface area contributed by atoms with E-state index >= 15 is 0 Å². The highest BCUT2D eigenvalue weighted by Gasteiger charge is 2.01. The fourth-order valence-electron chi connectivity index (χ4n) is 4.69. The summed E-state index contributed by atoms with van der Waals surface area (Å²) in [5.41, 5.74) is 0. The molecule has 0 bridgehead atoms. The summed E-state index contributed by atoms with van der Waals surface area (Å²) >= 11 is 0. The number of hydrogen-bond donors (Lipinski definition) is 0. The van der Waals surface area contributed by atoms with E-state index in [9.17, 15) is 0 Å². The second-order valence-electron chi connectivity index (χ2n) is 10.2. The molecule has 0 aromatic rings. The molecule has 0 amide bonds. The quantitative estimate of drug-likeness (QED) is 0.0549. The molecule has 0 fully saturated rings. The molecule has 0 saturated carbocycles. The van der Waals surface area contributed by atoms with Crippen LogP contribution in [0.4, 0.5) is 0 Å². The van der Waals surface area contributed by atoms with Gasteiger partial charge in [0.15, 0.2) is 0 Å². The van der Waals surface area contributed by atoms with Crippen molar-refractivity contribution < 1.29 is 4.58 Å². The molecule has 0 aliphatic carbocycles. The highest BCUT2D eigenvalue weighted by atomic mass is 15.2. The molecule has 0 radical (unpaired) electrons. The third-order valence-electron chi connectivity index (χ3n) is 7.04. The summed E-state index contributed by atoms with van der Waals surface area (Å²) in [6, 6.07) is 0. The predicted molar refractivity (Wildman–Crippen MR) is 147 cm³/mol. The number of rotatable bonds is 26. The Hall–Kier alpha value is -0.530. The zero-order valence-electron chi connectivity index (χ0n) is 23.1. The third-order valence-corrected chi connectivity index (χ3v) is 7.04. The number of nitrogens with zero attached hydrogens (tertiary/aromatic N) is 2. The minimum Gasteiger partial charge on any atom is -0.271 e. The Morgan fingerprint density at radius 3 is 1.00 bits per heavy atom. The van der Waals surface area contributed by atoms with Crippen LogP contribution in [0.2, 0.25) is 0 Å². The van der Waals surface area contributed by atoms with Crippen molar-refractivity contribution in [1.29, 1.82) is 0 Å². The Kier molecular flexibility index (Phi) is 26.3. The Morgan fingerprint density at radius 2 is 0.719 bits per heavy atom. The average molecular weight is 452 g/mol. The molecule has 0 rings (SSSR count). The fourth-order valence-corrected chi connectivity index (χ4v) is 4.69. The van der Waals surface area contributed by atoms with Gasteiger partial charge >= 0.3 is 0 Å². The van der Waals surface area contributed by atoms with Crippen molar-refractivity contribution in [1.82, 2.24) is 4.90 Å². The highest BCUT2D eigenvalue weighted by molar-refractivity contribution is 5.48. The van der Waals surface area contributed by atoms with Crippen LogP contribution in [0.25, 0.3) is 0 Å². The van der Waals surface area contributed by atoms with E-state index in [2.05, 4.69) is 43.6 Å². The van der Waals surface area contributed by atoms with Gasteiger partial charge in [-0.1, -0.05) is 135 Å². The van der Waals surface area contributed by atoms with Crippen LogP contribution >= 0.6 is 0 Å². The van der Waals surface area contributed by atoms with Crippen molar-refractivity contribution >= 4 is 6.34 Å². The predicted octanol–water partition coefficient (Wildman–Crippen LogP) is 9.60. The largest absolute Gasteiger partial charge is 0.271 e. The minimum absolute atomic E-state index is 1.11. The highest BCUT2D eigenvalue weighted by Crippen LogP contribution is 2.15. The molecule has 0 spiro atoms. The molecule has 0 aliphatic heterocycles. The lowest BCUT2D eigenvalue weighted by molar-refractivity contribution is -0.497. The van der Waals surface area contributed by atoms with Crippen LogP contribution in [-0.4, -0.2) is 42.5 Å². The monoisotopic (exact) mass is 451 g/mol. The molecule has 0 aromatic carbocycles. The van der Waals surface area contributed by atoms with E-state index < -0.39 is 0 Å². The summed E-state index contributed by atoms with van der Waals surface area (Å²) in [5.74, 6) is 0. The Morgan fingerprint density at radius 1 is 0.438 bits per heavy atom. The molecule has 0 saturated heterocycles. The van der Waals surface area contributed by atoms with Gasteiger partial charge in [-0.3, -0.25) is 9.48 Å². The lowest BCUT2D eigenvalue weighted by atomic mass is 10.0. The molecule has 32 heavy (non-hydrogen) atoms. The molecule has 2 heteroatoms. The first-order valence-electron chi connectivity index (χ1n) is 15.0. The van der Waals surface area contributed by atoms with Crippen LogP contribution in [0.15, 0.2) is 0 Å². The fraction of sp³-hybridized carbons (Fsp3) is 0.967. The van der Waals surface area contributed by atoms with E-state index in [4.69, 9.17) is 0 Å². The van der Waals surface area contributed by atoms with E-state index in [1.807, 2.05) is 0 Å². The summed E-state index contributed by atoms with van der Waals surface area (Å²) in [6.07, 6.45) is 34.4. The van der Waals surface area contributed by atoms with Gasteiger partial charge in [0.25, 0.3) is 0 Å². The lowest BCUT2D eigenvalue weighted by Gasteiger charge is -2.09. The maximum atomic E-state index is 2.37. The van der Waals surface area contributed by atoms with Gasteiger partial charge in [0.2, 0.25) is 6.34 Å². The molecule has 0 aromatic heterocycles. The molecular weight excluding hydrogens is 388 g/mol. The topological polar surface area (TPSA) is 6.25 Å². The van der Waals surface area contributed by atoms with Gasteiger partial charge in [0, 0.05) is 0 Å². The summed E-state index contributed by atoms with van der Waals surface area (Å²) < 4.78 is 2.36. The smallest absolute Gasteiger partial charge is 0.233 e. The average Bonchev–Trinajstić information content (AvgIpc) is 2.80. The van der Waals surface area contributed by atoms with Crippen molar-refractivity contribution in [3.05, 3.63) is 0 Å². The Bertz CT molecular complexity index is 373. The minimum atomic E-state index is 1.11. The van der Waals surface area contributed by atoms with E-state index in [1.165, 1.54) is 148 Å². The second-order valence-corrected chi connectivity index (χ2v) is 10.2. The molecule has 0 aliphatic rings. The van der Waals surface area contributed by atoms with Crippen LogP contribution in [0.3, 0.4) is 0 Å². The zero-order chi connectivity index (χ0) is 23.5. The summed E-state index contributed by atoms with van der Waals surface area (Å²) in [6.45, 7) is 10.2. The summed E-state index contributed by atoms with van der Waals surface area (Å²) in [7, 11) is 2.22. The van der Waals surface area contributed by atoms with Gasteiger partial charge in [0.1, 0.15) is 0 Å². The third kappa shape index (κ3) is 24.1. The van der Waals surface area contributed by atoms with E-state index in [0.717, 1.165) is 13.1 Å². The summed E-state index contributed by atoms with van der Waals surface area (Å²) in [4.78, 5) is 2.37. The first-order valence-corrected chi connectivity index (χ1v) is 15.0. The van der Waals surface area contributed by atoms with E-state index in [1.54, 1.807) is 0 Å². The molecule has 0 unspecified atom stereocenters. The normalized spacial score (nSPS) is 11.9. The standard InChI is InChI=1S/C30H63N2/c1-5-8-9-10-11-12-13-14-15-16-17-18-19-20-21-22-23-24-25-26-27-28-29-31(4)30-32(6-2)7-3/h30H,5-29H2,1-4H3/q+1.